The average Bonchev–Trinajstić information content (AvgIpc) is 2.77. The Morgan fingerprint density at radius 2 is 1.70 bits per heavy atom. The molecular formula is C26H28N2O2. The monoisotopic (exact) mass is 400 g/mol. The minimum atomic E-state index is -0.262. The summed E-state index contributed by atoms with van der Waals surface area (Å²) in [5.41, 5.74) is 8.38. The van der Waals surface area contributed by atoms with Crippen LogP contribution in [0.2, 0.25) is 0 Å². The number of benzene rings is 3. The van der Waals surface area contributed by atoms with Crippen molar-refractivity contribution in [2.45, 2.75) is 19.3 Å². The molecule has 0 aliphatic heterocycles. The minimum Gasteiger partial charge on any atom is -0.379 e. The molecule has 4 rings (SSSR count). The van der Waals surface area contributed by atoms with Gasteiger partial charge in [0, 0.05) is 12.1 Å². The Bertz CT molecular complexity index is 997. The van der Waals surface area contributed by atoms with Gasteiger partial charge in [-0.05, 0) is 85.8 Å². The first kappa shape index (κ1) is 20.2. The van der Waals surface area contributed by atoms with Crippen LogP contribution in [0.5, 0.6) is 5.75 Å². The van der Waals surface area contributed by atoms with E-state index >= 15 is 0 Å². The number of aryl methyl sites for hydroxylation is 1. The van der Waals surface area contributed by atoms with Crippen LogP contribution in [0, 0.1) is 5.92 Å². The molecular weight excluding hydrogens is 372 g/mol. The first-order valence-electron chi connectivity index (χ1n) is 10.5. The summed E-state index contributed by atoms with van der Waals surface area (Å²) in [6.07, 6.45) is 3.57. The maximum Gasteiger partial charge on any atom is 0.283 e. The van der Waals surface area contributed by atoms with Crippen molar-refractivity contribution in [2.75, 3.05) is 20.6 Å². The van der Waals surface area contributed by atoms with Crippen LogP contribution in [-0.2, 0) is 12.8 Å². The van der Waals surface area contributed by atoms with Gasteiger partial charge in [0.15, 0.2) is 5.75 Å². The lowest BCUT2D eigenvalue weighted by molar-refractivity contribution is 0.0760. The lowest BCUT2D eigenvalue weighted by atomic mass is 9.82. The molecule has 0 bridgehead atoms. The highest BCUT2D eigenvalue weighted by molar-refractivity contribution is 5.93. The fraction of sp³-hybridized carbons (Fsp3) is 0.269. The molecule has 0 saturated carbocycles. The molecule has 0 aromatic heterocycles. The summed E-state index contributed by atoms with van der Waals surface area (Å²) in [6.45, 7) is 1.16. The van der Waals surface area contributed by atoms with Crippen LogP contribution in [-0.4, -0.2) is 31.4 Å². The number of nitrogens with zero attached hydrogens (tertiary/aromatic N) is 1. The van der Waals surface area contributed by atoms with Gasteiger partial charge in [-0.15, -0.1) is 0 Å². The van der Waals surface area contributed by atoms with E-state index in [1.165, 1.54) is 29.5 Å². The van der Waals surface area contributed by atoms with Crippen molar-refractivity contribution in [3.63, 3.8) is 0 Å². The summed E-state index contributed by atoms with van der Waals surface area (Å²) in [7, 11) is 4.30. The molecule has 3 aromatic rings. The van der Waals surface area contributed by atoms with Crippen molar-refractivity contribution < 1.29 is 9.63 Å². The number of hydrogen-bond acceptors (Lipinski definition) is 3. The SMILES string of the molecule is CN(C)CC1CCc2cc(-c3ccc(ONC(=O)c4ccccc4)cc3)ccc2C1. The molecule has 0 saturated heterocycles. The van der Waals surface area contributed by atoms with Gasteiger partial charge in [0.05, 0.1) is 0 Å². The first-order valence-corrected chi connectivity index (χ1v) is 10.5. The van der Waals surface area contributed by atoms with Crippen molar-refractivity contribution in [3.8, 4) is 16.9 Å². The molecule has 0 spiro atoms. The third kappa shape index (κ3) is 4.89. The molecule has 0 fully saturated rings. The summed E-state index contributed by atoms with van der Waals surface area (Å²) in [5, 5.41) is 0. The summed E-state index contributed by atoms with van der Waals surface area (Å²) in [4.78, 5) is 19.8. The van der Waals surface area contributed by atoms with Gasteiger partial charge in [-0.25, -0.2) is 0 Å². The molecule has 3 aromatic carbocycles. The third-order valence-corrected chi connectivity index (χ3v) is 5.65. The predicted octanol–water partition coefficient (Wildman–Crippen LogP) is 4.74. The first-order chi connectivity index (χ1) is 14.6. The molecule has 1 N–H and O–H groups in total. The molecule has 1 aliphatic rings. The smallest absolute Gasteiger partial charge is 0.283 e. The van der Waals surface area contributed by atoms with Crippen LogP contribution in [0.25, 0.3) is 11.1 Å². The Morgan fingerprint density at radius 1 is 0.967 bits per heavy atom. The Kier molecular flexibility index (Phi) is 6.15. The Morgan fingerprint density at radius 3 is 2.43 bits per heavy atom. The second-order valence-corrected chi connectivity index (χ2v) is 8.28. The molecule has 1 atom stereocenters. The summed E-state index contributed by atoms with van der Waals surface area (Å²) in [5.74, 6) is 1.09. The molecule has 154 valence electrons. The minimum absolute atomic E-state index is 0.262. The van der Waals surface area contributed by atoms with Crippen LogP contribution in [0.3, 0.4) is 0 Å². The Hall–Kier alpha value is -3.11. The van der Waals surface area contributed by atoms with E-state index in [1.807, 2.05) is 42.5 Å². The van der Waals surface area contributed by atoms with Crippen LogP contribution >= 0.6 is 0 Å². The number of amides is 1. The molecule has 4 nitrogen and oxygen atoms in total. The molecule has 4 heteroatoms. The van der Waals surface area contributed by atoms with Crippen molar-refractivity contribution in [3.05, 3.63) is 89.5 Å². The van der Waals surface area contributed by atoms with E-state index in [2.05, 4.69) is 42.7 Å². The van der Waals surface area contributed by atoms with Crippen LogP contribution < -0.4 is 10.3 Å². The average molecular weight is 401 g/mol. The van der Waals surface area contributed by atoms with E-state index in [0.29, 0.717) is 11.3 Å². The number of nitrogens with one attached hydrogen (secondary N) is 1. The highest BCUT2D eigenvalue weighted by Crippen LogP contribution is 2.30. The molecule has 0 heterocycles. The number of fused-ring (bicyclic) bond motifs is 1. The normalized spacial score (nSPS) is 15.5. The zero-order valence-electron chi connectivity index (χ0n) is 17.6. The second kappa shape index (κ2) is 9.14. The molecule has 30 heavy (non-hydrogen) atoms. The van der Waals surface area contributed by atoms with Gasteiger partial charge in [0.2, 0.25) is 0 Å². The van der Waals surface area contributed by atoms with Gasteiger partial charge in [0.1, 0.15) is 0 Å². The summed E-state index contributed by atoms with van der Waals surface area (Å²) >= 11 is 0. The van der Waals surface area contributed by atoms with Crippen molar-refractivity contribution in [2.24, 2.45) is 5.92 Å². The zero-order chi connectivity index (χ0) is 20.9. The van der Waals surface area contributed by atoms with E-state index in [1.54, 1.807) is 12.1 Å². The van der Waals surface area contributed by atoms with E-state index in [4.69, 9.17) is 4.84 Å². The largest absolute Gasteiger partial charge is 0.379 e. The van der Waals surface area contributed by atoms with Crippen molar-refractivity contribution >= 4 is 5.91 Å². The number of hydrogen-bond donors (Lipinski definition) is 1. The van der Waals surface area contributed by atoms with Crippen molar-refractivity contribution in [1.29, 1.82) is 0 Å². The zero-order valence-corrected chi connectivity index (χ0v) is 17.6. The molecule has 1 aliphatic carbocycles. The molecule has 1 unspecified atom stereocenters. The quantitative estimate of drug-likeness (QED) is 0.608. The van der Waals surface area contributed by atoms with E-state index in [9.17, 15) is 4.79 Å². The number of hydroxylamine groups is 1. The van der Waals surface area contributed by atoms with Gasteiger partial charge in [-0.2, -0.15) is 5.48 Å². The topological polar surface area (TPSA) is 41.6 Å². The Labute approximate surface area is 178 Å². The van der Waals surface area contributed by atoms with E-state index in [0.717, 1.165) is 24.4 Å². The van der Waals surface area contributed by atoms with E-state index in [-0.39, 0.29) is 5.91 Å². The Balaban J connectivity index is 1.39. The van der Waals surface area contributed by atoms with Gasteiger partial charge in [0.25, 0.3) is 5.91 Å². The van der Waals surface area contributed by atoms with Crippen molar-refractivity contribution in [1.82, 2.24) is 10.4 Å². The van der Waals surface area contributed by atoms with Crippen LogP contribution in [0.1, 0.15) is 27.9 Å². The maximum absolute atomic E-state index is 12.1. The highest BCUT2D eigenvalue weighted by atomic mass is 16.7. The number of carbonyl (C=O) groups excluding carboxylic acids is 1. The second-order valence-electron chi connectivity index (χ2n) is 8.28. The van der Waals surface area contributed by atoms with Gasteiger partial charge in [-0.3, -0.25) is 4.79 Å². The summed E-state index contributed by atoms with van der Waals surface area (Å²) in [6, 6.07) is 23.7. The van der Waals surface area contributed by atoms with Gasteiger partial charge in [-0.1, -0.05) is 48.5 Å². The lowest BCUT2D eigenvalue weighted by Gasteiger charge is -2.27. The standard InChI is InChI=1S/C26H28N2O2/c1-28(2)18-19-8-9-24-17-23(11-10-22(24)16-19)20-12-14-25(15-13-20)30-27-26(29)21-6-4-3-5-7-21/h3-7,10-15,17,19H,8-9,16,18H2,1-2H3,(H,27,29). The number of rotatable bonds is 6. The maximum atomic E-state index is 12.1. The summed E-state index contributed by atoms with van der Waals surface area (Å²) < 4.78 is 0. The highest BCUT2D eigenvalue weighted by Gasteiger charge is 2.19. The molecule has 0 radical (unpaired) electrons. The predicted molar refractivity (Wildman–Crippen MR) is 120 cm³/mol. The van der Waals surface area contributed by atoms with E-state index < -0.39 is 0 Å². The van der Waals surface area contributed by atoms with Gasteiger partial charge < -0.3 is 9.74 Å². The van der Waals surface area contributed by atoms with Crippen LogP contribution in [0.15, 0.2) is 72.8 Å². The van der Waals surface area contributed by atoms with Gasteiger partial charge >= 0.3 is 0 Å². The fourth-order valence-corrected chi connectivity index (χ4v) is 4.15. The number of carbonyl (C=O) groups is 1. The fourth-order valence-electron chi connectivity index (χ4n) is 4.15. The lowest BCUT2D eigenvalue weighted by Crippen LogP contribution is -2.26. The van der Waals surface area contributed by atoms with Crippen LogP contribution in [0.4, 0.5) is 0 Å². The third-order valence-electron chi connectivity index (χ3n) is 5.65. The molecule has 1 amide bonds.